The van der Waals surface area contributed by atoms with E-state index in [1.807, 2.05) is 24.3 Å². The Balaban J connectivity index is 1.33. The number of nitrogens with zero attached hydrogens (tertiary/aromatic N) is 3. The topological polar surface area (TPSA) is 74.8 Å². The van der Waals surface area contributed by atoms with Gasteiger partial charge in [0.1, 0.15) is 11.5 Å². The fraction of sp³-hybridized carbons (Fsp3) is 0.400. The normalized spacial score (nSPS) is 17.4. The Morgan fingerprint density at radius 3 is 2.47 bits per heavy atom. The maximum absolute atomic E-state index is 12.6. The molecule has 4 rings (SSSR count). The van der Waals surface area contributed by atoms with E-state index in [9.17, 15) is 9.59 Å². The van der Waals surface area contributed by atoms with E-state index in [0.29, 0.717) is 43.4 Å². The van der Waals surface area contributed by atoms with Crippen LogP contribution in [0.2, 0.25) is 0 Å². The van der Waals surface area contributed by atoms with Crippen molar-refractivity contribution in [2.75, 3.05) is 51.4 Å². The number of ether oxygens (including phenoxy) is 1. The Labute approximate surface area is 189 Å². The number of carbonyl (C=O) groups excluding carboxylic acids is 2. The summed E-state index contributed by atoms with van der Waals surface area (Å²) in [6.45, 7) is 5.35. The van der Waals surface area contributed by atoms with Gasteiger partial charge in [0.05, 0.1) is 19.9 Å². The quantitative estimate of drug-likeness (QED) is 0.532. The number of carbonyl (C=O) groups is 2. The van der Waals surface area contributed by atoms with Crippen molar-refractivity contribution >= 4 is 23.6 Å². The van der Waals surface area contributed by atoms with E-state index in [0.717, 1.165) is 25.3 Å². The number of benzene rings is 1. The predicted octanol–water partition coefficient (Wildman–Crippen LogP) is 3.31. The third-order valence-electron chi connectivity index (χ3n) is 5.82. The highest BCUT2D eigenvalue weighted by Crippen LogP contribution is 2.13. The van der Waals surface area contributed by atoms with Crippen LogP contribution in [-0.4, -0.2) is 72.5 Å². The number of morpholine rings is 1. The number of likely N-dealkylation sites (tertiary alicyclic amines) is 1. The van der Waals surface area contributed by atoms with Crippen molar-refractivity contribution in [3.63, 3.8) is 0 Å². The van der Waals surface area contributed by atoms with Crippen LogP contribution in [0.5, 0.6) is 0 Å². The number of piperidine rings is 1. The van der Waals surface area contributed by atoms with Gasteiger partial charge in [-0.3, -0.25) is 14.5 Å². The summed E-state index contributed by atoms with van der Waals surface area (Å²) < 4.78 is 5.30. The van der Waals surface area contributed by atoms with E-state index < -0.39 is 0 Å². The maximum Gasteiger partial charge on any atom is 0.254 e. The minimum Gasteiger partial charge on any atom is -0.378 e. The molecule has 2 saturated heterocycles. The first-order chi connectivity index (χ1) is 15.7. The molecular weight excluding hydrogens is 404 g/mol. The zero-order chi connectivity index (χ0) is 22.2. The van der Waals surface area contributed by atoms with Gasteiger partial charge in [0.25, 0.3) is 5.91 Å². The number of hydrogen-bond donors (Lipinski definition) is 1. The van der Waals surface area contributed by atoms with Crippen molar-refractivity contribution in [2.45, 2.75) is 19.3 Å². The average Bonchev–Trinajstić information content (AvgIpc) is 2.87. The zero-order valence-corrected chi connectivity index (χ0v) is 18.3. The molecule has 32 heavy (non-hydrogen) atoms. The highest BCUT2D eigenvalue weighted by Gasteiger charge is 2.18. The van der Waals surface area contributed by atoms with E-state index in [-0.39, 0.29) is 11.7 Å². The summed E-state index contributed by atoms with van der Waals surface area (Å²) in [5.41, 5.74) is 1.91. The van der Waals surface area contributed by atoms with E-state index in [1.54, 1.807) is 29.2 Å². The van der Waals surface area contributed by atoms with E-state index >= 15 is 0 Å². The van der Waals surface area contributed by atoms with E-state index in [1.165, 1.54) is 25.3 Å². The van der Waals surface area contributed by atoms with Crippen molar-refractivity contribution in [3.8, 4) is 0 Å². The molecule has 7 heteroatoms. The second kappa shape index (κ2) is 11.0. The summed E-state index contributed by atoms with van der Waals surface area (Å²) in [4.78, 5) is 33.8. The van der Waals surface area contributed by atoms with Crippen LogP contribution in [-0.2, 0) is 4.74 Å². The van der Waals surface area contributed by atoms with Crippen LogP contribution in [0.25, 0.3) is 6.08 Å². The van der Waals surface area contributed by atoms with Crippen LogP contribution in [0.15, 0.2) is 48.5 Å². The lowest BCUT2D eigenvalue weighted by atomic mass is 10.1. The smallest absolute Gasteiger partial charge is 0.254 e. The lowest BCUT2D eigenvalue weighted by Gasteiger charge is -2.26. The molecule has 1 aromatic carbocycles. The Morgan fingerprint density at radius 2 is 1.72 bits per heavy atom. The summed E-state index contributed by atoms with van der Waals surface area (Å²) in [5, 5.41) is 3.32. The molecule has 0 unspecified atom stereocenters. The standard InChI is InChI=1S/C25H30N4O3/c30-23(22-5-4-6-24(27-22)26-19-28-13-2-1-3-14-28)12-9-20-7-10-21(11-8-20)25(31)29-15-17-32-18-16-29/h4-12H,1-3,13-19H2,(H,26,27). The van der Waals surface area contributed by atoms with Crippen LogP contribution >= 0.6 is 0 Å². The van der Waals surface area contributed by atoms with Gasteiger partial charge in [-0.2, -0.15) is 0 Å². The number of ketones is 1. The summed E-state index contributed by atoms with van der Waals surface area (Å²) in [6, 6.07) is 12.7. The Hall–Kier alpha value is -3.03. The average molecular weight is 435 g/mol. The predicted molar refractivity (Wildman–Crippen MR) is 125 cm³/mol. The summed E-state index contributed by atoms with van der Waals surface area (Å²) in [7, 11) is 0. The van der Waals surface area contributed by atoms with Crippen molar-refractivity contribution in [1.82, 2.24) is 14.8 Å². The van der Waals surface area contributed by atoms with Gasteiger partial charge < -0.3 is 15.0 Å². The van der Waals surface area contributed by atoms with Gasteiger partial charge in [0.2, 0.25) is 5.78 Å². The molecule has 1 N–H and O–H groups in total. The SMILES string of the molecule is O=C(C=Cc1ccc(C(=O)N2CCOCC2)cc1)c1cccc(NCN2CCCCC2)n1. The zero-order valence-electron chi connectivity index (χ0n) is 18.3. The molecule has 168 valence electrons. The van der Waals surface area contributed by atoms with Gasteiger partial charge in [-0.05, 0) is 61.8 Å². The van der Waals surface area contributed by atoms with Gasteiger partial charge in [-0.1, -0.05) is 30.7 Å². The molecule has 3 heterocycles. The van der Waals surface area contributed by atoms with Crippen LogP contribution in [0.1, 0.15) is 45.7 Å². The minimum absolute atomic E-state index is 0.0120. The summed E-state index contributed by atoms with van der Waals surface area (Å²) in [6.07, 6.45) is 7.05. The summed E-state index contributed by atoms with van der Waals surface area (Å²) >= 11 is 0. The van der Waals surface area contributed by atoms with Gasteiger partial charge in [-0.15, -0.1) is 0 Å². The van der Waals surface area contributed by atoms with E-state index in [2.05, 4.69) is 15.2 Å². The highest BCUT2D eigenvalue weighted by atomic mass is 16.5. The van der Waals surface area contributed by atoms with Crippen LogP contribution in [0.4, 0.5) is 5.82 Å². The largest absolute Gasteiger partial charge is 0.378 e. The maximum atomic E-state index is 12.6. The molecule has 2 aliphatic rings. The highest BCUT2D eigenvalue weighted by molar-refractivity contribution is 6.05. The fourth-order valence-electron chi connectivity index (χ4n) is 3.92. The molecule has 0 bridgehead atoms. The van der Waals surface area contributed by atoms with Gasteiger partial charge in [-0.25, -0.2) is 4.98 Å². The number of rotatable bonds is 7. The first-order valence-electron chi connectivity index (χ1n) is 11.3. The molecule has 0 radical (unpaired) electrons. The van der Waals surface area contributed by atoms with E-state index in [4.69, 9.17) is 4.74 Å². The second-order valence-electron chi connectivity index (χ2n) is 8.15. The molecule has 2 fully saturated rings. The van der Waals surface area contributed by atoms with Gasteiger partial charge in [0, 0.05) is 18.7 Å². The van der Waals surface area contributed by atoms with Crippen molar-refractivity contribution in [2.24, 2.45) is 0 Å². The summed E-state index contributed by atoms with van der Waals surface area (Å²) in [5.74, 6) is 0.568. The molecule has 0 saturated carbocycles. The number of hydrogen-bond acceptors (Lipinski definition) is 6. The van der Waals surface area contributed by atoms with Gasteiger partial charge >= 0.3 is 0 Å². The Bertz CT molecular complexity index is 946. The molecule has 2 aromatic rings. The van der Waals surface area contributed by atoms with Crippen LogP contribution in [0.3, 0.4) is 0 Å². The number of allylic oxidation sites excluding steroid dienone is 1. The number of pyridine rings is 1. The lowest BCUT2D eigenvalue weighted by Crippen LogP contribution is -2.40. The molecule has 0 atom stereocenters. The molecule has 2 aliphatic heterocycles. The lowest BCUT2D eigenvalue weighted by molar-refractivity contribution is 0.0303. The number of aromatic nitrogens is 1. The fourth-order valence-corrected chi connectivity index (χ4v) is 3.92. The second-order valence-corrected chi connectivity index (χ2v) is 8.15. The van der Waals surface area contributed by atoms with Crippen molar-refractivity contribution < 1.29 is 14.3 Å². The van der Waals surface area contributed by atoms with Crippen LogP contribution in [0, 0.1) is 0 Å². The number of nitrogens with one attached hydrogen (secondary N) is 1. The first-order valence-corrected chi connectivity index (χ1v) is 11.3. The molecule has 7 nitrogen and oxygen atoms in total. The van der Waals surface area contributed by atoms with Crippen molar-refractivity contribution in [3.05, 3.63) is 65.4 Å². The minimum atomic E-state index is -0.153. The molecule has 1 aromatic heterocycles. The third kappa shape index (κ3) is 6.02. The van der Waals surface area contributed by atoms with Gasteiger partial charge in [0.15, 0.2) is 0 Å². The Morgan fingerprint density at radius 1 is 0.969 bits per heavy atom. The molecular formula is C25H30N4O3. The molecule has 0 spiro atoms. The third-order valence-corrected chi connectivity index (χ3v) is 5.82. The monoisotopic (exact) mass is 434 g/mol. The molecule has 1 amide bonds. The van der Waals surface area contributed by atoms with Crippen LogP contribution < -0.4 is 5.32 Å². The number of anilines is 1. The number of amides is 1. The first kappa shape index (κ1) is 22.2. The Kier molecular flexibility index (Phi) is 7.64. The molecule has 0 aliphatic carbocycles. The van der Waals surface area contributed by atoms with Crippen molar-refractivity contribution in [1.29, 1.82) is 0 Å².